The predicted molar refractivity (Wildman–Crippen MR) is 93.7 cm³/mol. The van der Waals surface area contributed by atoms with Gasteiger partial charge in [-0.05, 0) is 51.3 Å². The van der Waals surface area contributed by atoms with Crippen LogP contribution in [0.2, 0.25) is 0 Å². The summed E-state index contributed by atoms with van der Waals surface area (Å²) in [5.41, 5.74) is 0.874. The Morgan fingerprint density at radius 3 is 2.54 bits per heavy atom. The molecule has 3 rings (SSSR count). The quantitative estimate of drug-likeness (QED) is 0.698. The lowest BCUT2D eigenvalue weighted by Gasteiger charge is -2.27. The molecule has 128 valence electrons. The third-order valence-corrected chi connectivity index (χ3v) is 4.98. The van der Waals surface area contributed by atoms with Crippen LogP contribution in [0.15, 0.2) is 22.7 Å². The minimum absolute atomic E-state index is 0.117. The van der Waals surface area contributed by atoms with Crippen LogP contribution in [-0.2, 0) is 4.79 Å². The Morgan fingerprint density at radius 1 is 1.25 bits per heavy atom. The molecule has 1 aromatic carbocycles. The molecule has 1 saturated carbocycles. The van der Waals surface area contributed by atoms with Crippen molar-refractivity contribution in [2.24, 2.45) is 0 Å². The molecule has 0 aromatic heterocycles. The first-order valence-corrected chi connectivity index (χ1v) is 9.16. The van der Waals surface area contributed by atoms with Crippen molar-refractivity contribution in [1.29, 1.82) is 0 Å². The second-order valence-electron chi connectivity index (χ2n) is 6.68. The van der Waals surface area contributed by atoms with Crippen LogP contribution in [0.1, 0.15) is 60.2 Å². The highest BCUT2D eigenvalue weighted by atomic mass is 79.9. The molecule has 0 atom stereocenters. The number of hydrogen-bond donors (Lipinski definition) is 0. The number of amides is 3. The first-order chi connectivity index (χ1) is 11.4. The number of halogens is 1. The summed E-state index contributed by atoms with van der Waals surface area (Å²) in [7, 11) is 0. The van der Waals surface area contributed by atoms with Crippen LogP contribution in [0.5, 0.6) is 0 Å². The zero-order valence-electron chi connectivity index (χ0n) is 13.9. The van der Waals surface area contributed by atoms with E-state index >= 15 is 0 Å². The maximum absolute atomic E-state index is 12.4. The molecule has 0 spiro atoms. The fourth-order valence-corrected chi connectivity index (χ4v) is 3.61. The van der Waals surface area contributed by atoms with Gasteiger partial charge in [-0.3, -0.25) is 19.3 Å². The van der Waals surface area contributed by atoms with Crippen molar-refractivity contribution in [1.82, 2.24) is 9.80 Å². The van der Waals surface area contributed by atoms with Gasteiger partial charge in [-0.15, -0.1) is 0 Å². The molecule has 1 aliphatic carbocycles. The van der Waals surface area contributed by atoms with Crippen molar-refractivity contribution in [3.63, 3.8) is 0 Å². The lowest BCUT2D eigenvalue weighted by atomic mass is 10.1. The van der Waals surface area contributed by atoms with Gasteiger partial charge in [0.05, 0.1) is 11.1 Å². The molecule has 0 N–H and O–H groups in total. The predicted octanol–water partition coefficient (Wildman–Crippen LogP) is 3.22. The van der Waals surface area contributed by atoms with E-state index in [1.807, 2.05) is 18.7 Å². The average Bonchev–Trinajstić information content (AvgIpc) is 3.31. The van der Waals surface area contributed by atoms with Gasteiger partial charge in [-0.1, -0.05) is 15.9 Å². The number of fused-ring (bicyclic) bond motifs is 1. The van der Waals surface area contributed by atoms with Crippen molar-refractivity contribution in [3.05, 3.63) is 33.8 Å². The normalized spacial score (nSPS) is 16.8. The largest absolute Gasteiger partial charge is 0.337 e. The average molecular weight is 393 g/mol. The maximum Gasteiger partial charge on any atom is 0.261 e. The molecular formula is C18H21BrN2O3. The number of carbonyl (C=O) groups excluding carboxylic acids is 3. The summed E-state index contributed by atoms with van der Waals surface area (Å²) < 4.78 is 0.774. The molecular weight excluding hydrogens is 372 g/mol. The van der Waals surface area contributed by atoms with E-state index in [4.69, 9.17) is 0 Å². The smallest absolute Gasteiger partial charge is 0.261 e. The first kappa shape index (κ1) is 17.1. The van der Waals surface area contributed by atoms with Crippen LogP contribution in [0.4, 0.5) is 0 Å². The Balaban J connectivity index is 1.59. The summed E-state index contributed by atoms with van der Waals surface area (Å²) in [6.45, 7) is 4.34. The van der Waals surface area contributed by atoms with E-state index in [1.54, 1.807) is 18.2 Å². The van der Waals surface area contributed by atoms with E-state index in [2.05, 4.69) is 15.9 Å². The van der Waals surface area contributed by atoms with E-state index in [-0.39, 0.29) is 30.3 Å². The Labute approximate surface area is 150 Å². The standard InChI is InChI=1S/C18H21BrN2O3/c1-11(2)21(13-6-7-13)16(22)4-3-9-20-17(23)14-8-5-12(19)10-15(14)18(20)24/h5,8,10-11,13H,3-4,6-7,9H2,1-2H3. The number of rotatable bonds is 6. The molecule has 1 aliphatic heterocycles. The Morgan fingerprint density at radius 2 is 1.92 bits per heavy atom. The summed E-state index contributed by atoms with van der Waals surface area (Å²) in [6, 6.07) is 5.68. The fourth-order valence-electron chi connectivity index (χ4n) is 3.25. The van der Waals surface area contributed by atoms with Gasteiger partial charge in [0, 0.05) is 29.5 Å². The second kappa shape index (κ2) is 6.67. The van der Waals surface area contributed by atoms with Gasteiger partial charge in [0.25, 0.3) is 11.8 Å². The Kier molecular flexibility index (Phi) is 4.76. The van der Waals surface area contributed by atoms with E-state index in [9.17, 15) is 14.4 Å². The molecule has 24 heavy (non-hydrogen) atoms. The lowest BCUT2D eigenvalue weighted by Crippen LogP contribution is -2.39. The SMILES string of the molecule is CC(C)N(C(=O)CCCN1C(=O)c2ccc(Br)cc2C1=O)C1CC1. The molecule has 2 aliphatic rings. The van der Waals surface area contributed by atoms with Gasteiger partial charge >= 0.3 is 0 Å². The van der Waals surface area contributed by atoms with Gasteiger partial charge in [-0.2, -0.15) is 0 Å². The zero-order valence-corrected chi connectivity index (χ0v) is 15.5. The van der Waals surface area contributed by atoms with Crippen molar-refractivity contribution in [2.45, 2.75) is 51.6 Å². The summed E-state index contributed by atoms with van der Waals surface area (Å²) in [5.74, 6) is -0.420. The van der Waals surface area contributed by atoms with Crippen LogP contribution < -0.4 is 0 Å². The molecule has 0 unspecified atom stereocenters. The highest BCUT2D eigenvalue weighted by Gasteiger charge is 2.36. The van der Waals surface area contributed by atoms with E-state index in [0.29, 0.717) is 30.0 Å². The van der Waals surface area contributed by atoms with Gasteiger partial charge in [0.15, 0.2) is 0 Å². The van der Waals surface area contributed by atoms with Gasteiger partial charge < -0.3 is 4.90 Å². The number of imide groups is 1. The lowest BCUT2D eigenvalue weighted by molar-refractivity contribution is -0.133. The molecule has 5 nitrogen and oxygen atoms in total. The summed E-state index contributed by atoms with van der Waals surface area (Å²) in [5, 5.41) is 0. The molecule has 0 radical (unpaired) electrons. The van der Waals surface area contributed by atoms with Crippen LogP contribution >= 0.6 is 15.9 Å². The van der Waals surface area contributed by atoms with Gasteiger partial charge in [0.1, 0.15) is 0 Å². The number of hydrogen-bond acceptors (Lipinski definition) is 3. The Hall–Kier alpha value is -1.69. The molecule has 1 aromatic rings. The number of nitrogens with zero attached hydrogens (tertiary/aromatic N) is 2. The molecule has 3 amide bonds. The third-order valence-electron chi connectivity index (χ3n) is 4.49. The topological polar surface area (TPSA) is 57.7 Å². The van der Waals surface area contributed by atoms with Crippen LogP contribution in [0, 0.1) is 0 Å². The fraction of sp³-hybridized carbons (Fsp3) is 0.500. The van der Waals surface area contributed by atoms with E-state index in [1.165, 1.54) is 4.90 Å². The minimum atomic E-state index is -0.272. The van der Waals surface area contributed by atoms with Crippen LogP contribution in [0.3, 0.4) is 0 Å². The molecule has 6 heteroatoms. The summed E-state index contributed by atoms with van der Waals surface area (Å²) in [4.78, 5) is 40.3. The summed E-state index contributed by atoms with van der Waals surface area (Å²) in [6.07, 6.45) is 3.03. The highest BCUT2D eigenvalue weighted by molar-refractivity contribution is 9.10. The van der Waals surface area contributed by atoms with Gasteiger partial charge in [0.2, 0.25) is 5.91 Å². The first-order valence-electron chi connectivity index (χ1n) is 8.37. The van der Waals surface area contributed by atoms with Crippen molar-refractivity contribution < 1.29 is 14.4 Å². The minimum Gasteiger partial charge on any atom is -0.337 e. The van der Waals surface area contributed by atoms with E-state index < -0.39 is 0 Å². The zero-order chi connectivity index (χ0) is 17.4. The Bertz CT molecular complexity index is 696. The molecule has 1 heterocycles. The summed E-state index contributed by atoms with van der Waals surface area (Å²) >= 11 is 3.32. The van der Waals surface area contributed by atoms with Crippen molar-refractivity contribution in [3.8, 4) is 0 Å². The molecule has 1 fully saturated rings. The van der Waals surface area contributed by atoms with Gasteiger partial charge in [-0.25, -0.2) is 0 Å². The monoisotopic (exact) mass is 392 g/mol. The second-order valence-corrected chi connectivity index (χ2v) is 7.60. The van der Waals surface area contributed by atoms with Crippen molar-refractivity contribution >= 4 is 33.7 Å². The van der Waals surface area contributed by atoms with E-state index in [0.717, 1.165) is 17.3 Å². The number of benzene rings is 1. The third kappa shape index (κ3) is 3.24. The van der Waals surface area contributed by atoms with Crippen LogP contribution in [0.25, 0.3) is 0 Å². The molecule has 0 bridgehead atoms. The van der Waals surface area contributed by atoms with Crippen molar-refractivity contribution in [2.75, 3.05) is 6.54 Å². The molecule has 0 saturated heterocycles. The number of carbonyl (C=O) groups is 3. The van der Waals surface area contributed by atoms with Crippen LogP contribution in [-0.4, -0.2) is 46.1 Å². The maximum atomic E-state index is 12.4. The highest BCUT2D eigenvalue weighted by Crippen LogP contribution is 2.30.